The third-order valence-electron chi connectivity index (χ3n) is 3.56. The van der Waals surface area contributed by atoms with Gasteiger partial charge in [0.25, 0.3) is 5.56 Å². The zero-order chi connectivity index (χ0) is 18.7. The highest BCUT2D eigenvalue weighted by Gasteiger charge is 2.20. The lowest BCUT2D eigenvalue weighted by atomic mass is 10.1. The Kier molecular flexibility index (Phi) is 5.11. The van der Waals surface area contributed by atoms with E-state index in [1.54, 1.807) is 6.07 Å². The van der Waals surface area contributed by atoms with E-state index in [0.29, 0.717) is 5.82 Å². The van der Waals surface area contributed by atoms with Gasteiger partial charge in [-0.05, 0) is 17.7 Å². The number of aromatic nitrogens is 4. The first-order chi connectivity index (χ1) is 12.5. The molecule has 0 aliphatic heterocycles. The van der Waals surface area contributed by atoms with E-state index in [1.807, 2.05) is 24.3 Å². The SMILES string of the molecule is COC(c1ccc(Br)cc1)c1noc(Cn2cc(C#N)c(=O)[nH]c2=O)n1. The highest BCUT2D eigenvalue weighted by Crippen LogP contribution is 2.24. The fraction of sp³-hybridized carbons (Fsp3) is 0.188. The van der Waals surface area contributed by atoms with Crippen LogP contribution in [-0.2, 0) is 11.3 Å². The zero-order valence-electron chi connectivity index (χ0n) is 13.5. The van der Waals surface area contributed by atoms with Gasteiger partial charge in [-0.15, -0.1) is 0 Å². The van der Waals surface area contributed by atoms with Crippen molar-refractivity contribution < 1.29 is 9.26 Å². The van der Waals surface area contributed by atoms with Gasteiger partial charge in [0.05, 0.1) is 0 Å². The topological polar surface area (TPSA) is 127 Å². The zero-order valence-corrected chi connectivity index (χ0v) is 15.1. The number of hydrogen-bond donors (Lipinski definition) is 1. The number of benzene rings is 1. The first kappa shape index (κ1) is 17.8. The molecule has 1 unspecified atom stereocenters. The Morgan fingerprint density at radius 1 is 1.38 bits per heavy atom. The van der Waals surface area contributed by atoms with Crippen molar-refractivity contribution in [2.24, 2.45) is 0 Å². The number of rotatable bonds is 5. The largest absolute Gasteiger partial charge is 0.369 e. The molecule has 0 saturated carbocycles. The van der Waals surface area contributed by atoms with Crippen LogP contribution < -0.4 is 11.2 Å². The molecular formula is C16H12BrN5O4. The van der Waals surface area contributed by atoms with Gasteiger partial charge < -0.3 is 9.26 Å². The lowest BCUT2D eigenvalue weighted by Gasteiger charge is -2.11. The molecule has 0 radical (unpaired) electrons. The van der Waals surface area contributed by atoms with Crippen LogP contribution in [0.3, 0.4) is 0 Å². The van der Waals surface area contributed by atoms with Crippen molar-refractivity contribution in [2.75, 3.05) is 7.11 Å². The van der Waals surface area contributed by atoms with Crippen molar-refractivity contribution in [2.45, 2.75) is 12.6 Å². The van der Waals surface area contributed by atoms with Gasteiger partial charge in [0.15, 0.2) is 0 Å². The van der Waals surface area contributed by atoms with E-state index in [4.69, 9.17) is 14.5 Å². The van der Waals surface area contributed by atoms with Crippen LogP contribution in [0.2, 0.25) is 0 Å². The van der Waals surface area contributed by atoms with Crippen LogP contribution in [0.1, 0.15) is 28.9 Å². The maximum absolute atomic E-state index is 11.8. The molecule has 2 aromatic heterocycles. The predicted molar refractivity (Wildman–Crippen MR) is 92.4 cm³/mol. The molecule has 0 aliphatic carbocycles. The third kappa shape index (κ3) is 3.63. The highest BCUT2D eigenvalue weighted by atomic mass is 79.9. The molecule has 0 aliphatic rings. The second kappa shape index (κ2) is 7.47. The fourth-order valence-corrected chi connectivity index (χ4v) is 2.58. The minimum Gasteiger partial charge on any atom is -0.369 e. The van der Waals surface area contributed by atoms with Gasteiger partial charge in [-0.25, -0.2) is 4.79 Å². The Balaban J connectivity index is 1.88. The molecular weight excluding hydrogens is 406 g/mol. The second-order valence-electron chi connectivity index (χ2n) is 5.26. The monoisotopic (exact) mass is 417 g/mol. The molecule has 9 nitrogen and oxygen atoms in total. The number of halogens is 1. The maximum atomic E-state index is 11.8. The lowest BCUT2D eigenvalue weighted by Crippen LogP contribution is -2.31. The van der Waals surface area contributed by atoms with Crippen LogP contribution >= 0.6 is 15.9 Å². The minimum absolute atomic E-state index is 0.0892. The van der Waals surface area contributed by atoms with E-state index in [9.17, 15) is 9.59 Å². The number of methoxy groups -OCH3 is 1. The standard InChI is InChI=1S/C16H12BrN5O4/c1-25-13(9-2-4-11(17)5-3-9)14-19-12(26-21-14)8-22-7-10(6-18)15(23)20-16(22)24/h2-5,7,13H,8H2,1H3,(H,20,23,24). The summed E-state index contributed by atoms with van der Waals surface area (Å²) in [7, 11) is 1.52. The van der Waals surface area contributed by atoms with Crippen LogP contribution in [-0.4, -0.2) is 26.8 Å². The molecule has 1 aromatic carbocycles. The summed E-state index contributed by atoms with van der Waals surface area (Å²) in [4.78, 5) is 29.6. The summed E-state index contributed by atoms with van der Waals surface area (Å²) in [6.07, 6.45) is 0.607. The molecule has 1 atom stereocenters. The Morgan fingerprint density at radius 3 is 2.77 bits per heavy atom. The summed E-state index contributed by atoms with van der Waals surface area (Å²) >= 11 is 3.37. The molecule has 10 heteroatoms. The lowest BCUT2D eigenvalue weighted by molar-refractivity contribution is 0.126. The van der Waals surface area contributed by atoms with Crippen molar-refractivity contribution >= 4 is 15.9 Å². The van der Waals surface area contributed by atoms with Crippen LogP contribution in [0, 0.1) is 11.3 Å². The quantitative estimate of drug-likeness (QED) is 0.663. The van der Waals surface area contributed by atoms with Gasteiger partial charge in [-0.2, -0.15) is 10.2 Å². The molecule has 3 rings (SSSR count). The van der Waals surface area contributed by atoms with E-state index >= 15 is 0 Å². The van der Waals surface area contributed by atoms with Gasteiger partial charge in [0.2, 0.25) is 11.7 Å². The number of nitriles is 1. The molecule has 1 N–H and O–H groups in total. The molecule has 0 saturated heterocycles. The Labute approximate surface area is 155 Å². The Morgan fingerprint density at radius 2 is 2.12 bits per heavy atom. The normalized spacial score (nSPS) is 11.9. The molecule has 26 heavy (non-hydrogen) atoms. The summed E-state index contributed by atoms with van der Waals surface area (Å²) in [5.41, 5.74) is -0.774. The van der Waals surface area contributed by atoms with E-state index in [2.05, 4.69) is 31.1 Å². The molecule has 0 bridgehead atoms. The molecule has 0 amide bonds. The maximum Gasteiger partial charge on any atom is 0.328 e. The smallest absolute Gasteiger partial charge is 0.328 e. The number of ether oxygens (including phenoxy) is 1. The summed E-state index contributed by atoms with van der Waals surface area (Å²) in [5.74, 6) is 0.431. The summed E-state index contributed by atoms with van der Waals surface area (Å²) < 4.78 is 12.6. The van der Waals surface area contributed by atoms with Gasteiger partial charge >= 0.3 is 5.69 Å². The van der Waals surface area contributed by atoms with E-state index < -0.39 is 17.4 Å². The average molecular weight is 418 g/mol. The fourth-order valence-electron chi connectivity index (χ4n) is 2.32. The first-order valence-corrected chi connectivity index (χ1v) is 8.15. The molecule has 0 fully saturated rings. The number of aromatic amines is 1. The van der Waals surface area contributed by atoms with Crippen molar-refractivity contribution in [1.82, 2.24) is 19.7 Å². The predicted octanol–water partition coefficient (Wildman–Crippen LogP) is 1.34. The van der Waals surface area contributed by atoms with E-state index in [1.165, 1.54) is 7.11 Å². The van der Waals surface area contributed by atoms with Crippen LogP contribution in [0.5, 0.6) is 0 Å². The van der Waals surface area contributed by atoms with Crippen molar-refractivity contribution in [1.29, 1.82) is 5.26 Å². The molecule has 132 valence electrons. The van der Waals surface area contributed by atoms with Crippen molar-refractivity contribution in [3.8, 4) is 6.07 Å². The number of nitrogens with zero attached hydrogens (tertiary/aromatic N) is 4. The average Bonchev–Trinajstić information content (AvgIpc) is 3.08. The van der Waals surface area contributed by atoms with Crippen LogP contribution in [0.25, 0.3) is 0 Å². The first-order valence-electron chi connectivity index (χ1n) is 7.36. The van der Waals surface area contributed by atoms with Gasteiger partial charge in [-0.1, -0.05) is 33.2 Å². The minimum atomic E-state index is -0.741. The Hall–Kier alpha value is -3.03. The van der Waals surface area contributed by atoms with Crippen LogP contribution in [0.4, 0.5) is 0 Å². The second-order valence-corrected chi connectivity index (χ2v) is 6.17. The molecule has 0 spiro atoms. The summed E-state index contributed by atoms with van der Waals surface area (Å²) in [5, 5.41) is 12.8. The van der Waals surface area contributed by atoms with Crippen molar-refractivity contribution in [3.05, 3.63) is 78.6 Å². The number of H-pyrrole nitrogens is 1. The van der Waals surface area contributed by atoms with Gasteiger partial charge in [0, 0.05) is 17.8 Å². The molecule has 3 aromatic rings. The number of nitrogens with one attached hydrogen (secondary N) is 1. The third-order valence-corrected chi connectivity index (χ3v) is 4.09. The Bertz CT molecular complexity index is 1080. The number of hydrogen-bond acceptors (Lipinski definition) is 7. The van der Waals surface area contributed by atoms with E-state index in [-0.39, 0.29) is 18.0 Å². The summed E-state index contributed by atoms with van der Waals surface area (Å²) in [6, 6.07) is 9.17. The van der Waals surface area contributed by atoms with E-state index in [0.717, 1.165) is 20.8 Å². The van der Waals surface area contributed by atoms with Crippen molar-refractivity contribution in [3.63, 3.8) is 0 Å². The summed E-state index contributed by atoms with van der Waals surface area (Å²) in [6.45, 7) is -0.0892. The van der Waals surface area contributed by atoms with Gasteiger partial charge in [0.1, 0.15) is 24.3 Å². The van der Waals surface area contributed by atoms with Crippen LogP contribution in [0.15, 0.2) is 49.0 Å². The van der Waals surface area contributed by atoms with Gasteiger partial charge in [-0.3, -0.25) is 14.3 Å². The highest BCUT2D eigenvalue weighted by molar-refractivity contribution is 9.10. The molecule has 2 heterocycles.